The number of halogens is 2. The van der Waals surface area contributed by atoms with Crippen LogP contribution in [0.5, 0.6) is 0 Å². The van der Waals surface area contributed by atoms with Gasteiger partial charge in [-0.1, -0.05) is 6.42 Å². The van der Waals surface area contributed by atoms with Crippen molar-refractivity contribution in [1.82, 2.24) is 19.5 Å². The van der Waals surface area contributed by atoms with Gasteiger partial charge in [-0.25, -0.2) is 13.8 Å². The highest BCUT2D eigenvalue weighted by molar-refractivity contribution is 5.88. The summed E-state index contributed by atoms with van der Waals surface area (Å²) in [5, 5.41) is -0.196. The number of hydrogen-bond donors (Lipinski definition) is 1. The quantitative estimate of drug-likeness (QED) is 0.542. The van der Waals surface area contributed by atoms with Crippen LogP contribution in [0, 0.1) is 11.6 Å². The number of aromatic nitrogens is 4. The lowest BCUT2D eigenvalue weighted by atomic mass is 9.84. The lowest BCUT2D eigenvalue weighted by molar-refractivity contribution is 0.393. The van der Waals surface area contributed by atoms with Crippen LogP contribution in [-0.2, 0) is 0 Å². The van der Waals surface area contributed by atoms with Gasteiger partial charge in [-0.05, 0) is 37.1 Å². The van der Waals surface area contributed by atoms with Gasteiger partial charge in [0.05, 0.1) is 11.2 Å². The fraction of sp³-hybridized carbons (Fsp3) is 0.200. The van der Waals surface area contributed by atoms with Crippen molar-refractivity contribution < 1.29 is 8.78 Å². The van der Waals surface area contributed by atoms with E-state index in [0.29, 0.717) is 17.4 Å². The van der Waals surface area contributed by atoms with Crippen molar-refractivity contribution in [2.45, 2.75) is 25.2 Å². The summed E-state index contributed by atoms with van der Waals surface area (Å²) in [4.78, 5) is 37.8. The summed E-state index contributed by atoms with van der Waals surface area (Å²) in [6.07, 6.45) is 4.04. The lowest BCUT2D eigenvalue weighted by Crippen LogP contribution is -2.31. The predicted octanol–water partition coefficient (Wildman–Crippen LogP) is 3.17. The Kier molecular flexibility index (Phi) is 3.61. The molecule has 0 unspecified atom stereocenters. The molecule has 0 amide bonds. The highest BCUT2D eigenvalue weighted by Gasteiger charge is 2.28. The Bertz CT molecular complexity index is 1370. The van der Waals surface area contributed by atoms with E-state index in [9.17, 15) is 18.4 Å². The number of rotatable bonds is 2. The zero-order valence-corrected chi connectivity index (χ0v) is 14.6. The first kappa shape index (κ1) is 16.7. The second-order valence-corrected chi connectivity index (χ2v) is 6.91. The van der Waals surface area contributed by atoms with Gasteiger partial charge in [-0.3, -0.25) is 19.1 Å². The lowest BCUT2D eigenvalue weighted by Gasteiger charge is -2.27. The van der Waals surface area contributed by atoms with Crippen LogP contribution in [0.4, 0.5) is 8.78 Å². The molecule has 8 heteroatoms. The molecule has 4 aromatic rings. The van der Waals surface area contributed by atoms with Gasteiger partial charge in [-0.2, -0.15) is 0 Å². The summed E-state index contributed by atoms with van der Waals surface area (Å²) < 4.78 is 29.0. The van der Waals surface area contributed by atoms with Gasteiger partial charge in [0, 0.05) is 18.2 Å². The molecule has 3 heterocycles. The van der Waals surface area contributed by atoms with E-state index in [1.165, 1.54) is 12.3 Å². The van der Waals surface area contributed by atoms with E-state index < -0.39 is 22.6 Å². The molecule has 0 bridgehead atoms. The maximum atomic E-state index is 14.5. The van der Waals surface area contributed by atoms with Crippen LogP contribution in [0.2, 0.25) is 0 Å². The molecule has 1 N–H and O–H groups in total. The van der Waals surface area contributed by atoms with E-state index in [-0.39, 0.29) is 28.2 Å². The molecule has 1 aliphatic carbocycles. The average molecular weight is 380 g/mol. The van der Waals surface area contributed by atoms with Crippen LogP contribution in [-0.4, -0.2) is 19.5 Å². The van der Waals surface area contributed by atoms with Gasteiger partial charge in [0.2, 0.25) is 5.43 Å². The van der Waals surface area contributed by atoms with Crippen molar-refractivity contribution in [1.29, 1.82) is 0 Å². The second kappa shape index (κ2) is 6.05. The molecule has 3 aromatic heterocycles. The zero-order valence-electron chi connectivity index (χ0n) is 14.6. The zero-order chi connectivity index (χ0) is 19.4. The molecule has 0 aliphatic heterocycles. The molecule has 0 radical (unpaired) electrons. The van der Waals surface area contributed by atoms with Crippen LogP contribution < -0.4 is 11.0 Å². The Morgan fingerprint density at radius 3 is 2.68 bits per heavy atom. The van der Waals surface area contributed by atoms with Gasteiger partial charge >= 0.3 is 0 Å². The van der Waals surface area contributed by atoms with Crippen molar-refractivity contribution in [3.63, 3.8) is 0 Å². The van der Waals surface area contributed by atoms with Crippen LogP contribution in [0.15, 0.2) is 46.1 Å². The Balaban J connectivity index is 1.94. The molecule has 1 aliphatic rings. The van der Waals surface area contributed by atoms with E-state index >= 15 is 0 Å². The van der Waals surface area contributed by atoms with E-state index in [2.05, 4.69) is 15.0 Å². The number of pyridine rings is 2. The first-order valence-electron chi connectivity index (χ1n) is 8.93. The van der Waals surface area contributed by atoms with Gasteiger partial charge in [0.1, 0.15) is 34.0 Å². The van der Waals surface area contributed by atoms with Crippen LogP contribution in [0.25, 0.3) is 27.8 Å². The summed E-state index contributed by atoms with van der Waals surface area (Å²) in [7, 11) is 0. The Morgan fingerprint density at radius 1 is 1.14 bits per heavy atom. The van der Waals surface area contributed by atoms with Gasteiger partial charge < -0.3 is 4.98 Å². The van der Waals surface area contributed by atoms with Gasteiger partial charge in [-0.15, -0.1) is 0 Å². The van der Waals surface area contributed by atoms with Crippen molar-refractivity contribution in [2.75, 3.05) is 0 Å². The second-order valence-electron chi connectivity index (χ2n) is 6.91. The molecule has 1 aromatic carbocycles. The standard InChI is InChI=1S/C20H14F2N4O2/c21-11-6-7-14(12(22)9-11)26-19(10-3-1-4-10)25-18-15(20(26)28)17(27)16-13(24-18)5-2-8-23-16/h2,5-10H,1,3-4H2,(H,24,27). The third-order valence-electron chi connectivity index (χ3n) is 5.23. The van der Waals surface area contributed by atoms with E-state index in [1.54, 1.807) is 12.1 Å². The maximum Gasteiger partial charge on any atom is 0.271 e. The Labute approximate surface area is 156 Å². The molecule has 5 rings (SSSR count). The first-order chi connectivity index (χ1) is 13.5. The van der Waals surface area contributed by atoms with E-state index in [4.69, 9.17) is 0 Å². The Hall–Kier alpha value is -3.42. The summed E-state index contributed by atoms with van der Waals surface area (Å²) in [5.74, 6) is -1.30. The fourth-order valence-electron chi connectivity index (χ4n) is 3.60. The fourth-order valence-corrected chi connectivity index (χ4v) is 3.60. The maximum absolute atomic E-state index is 14.5. The smallest absolute Gasteiger partial charge is 0.271 e. The molecular formula is C20H14F2N4O2. The molecule has 140 valence electrons. The number of fused-ring (bicyclic) bond motifs is 2. The molecule has 0 saturated heterocycles. The first-order valence-corrected chi connectivity index (χ1v) is 8.93. The van der Waals surface area contributed by atoms with Crippen molar-refractivity contribution in [3.8, 4) is 5.69 Å². The molecule has 0 spiro atoms. The Morgan fingerprint density at radius 2 is 1.96 bits per heavy atom. The normalized spacial score (nSPS) is 14.5. The number of nitrogens with zero attached hydrogens (tertiary/aromatic N) is 3. The minimum absolute atomic E-state index is 0.0327. The molecule has 28 heavy (non-hydrogen) atoms. The number of H-pyrrole nitrogens is 1. The van der Waals surface area contributed by atoms with Crippen molar-refractivity contribution in [3.05, 3.63) is 74.6 Å². The number of hydrogen-bond acceptors (Lipinski definition) is 4. The summed E-state index contributed by atoms with van der Waals surface area (Å²) >= 11 is 0. The summed E-state index contributed by atoms with van der Waals surface area (Å²) in [6, 6.07) is 6.33. The van der Waals surface area contributed by atoms with Crippen LogP contribution in [0.1, 0.15) is 31.0 Å². The predicted molar refractivity (Wildman–Crippen MR) is 99.8 cm³/mol. The minimum Gasteiger partial charge on any atom is -0.337 e. The largest absolute Gasteiger partial charge is 0.337 e. The van der Waals surface area contributed by atoms with E-state index in [1.807, 2.05) is 0 Å². The number of aromatic amines is 1. The molecular weight excluding hydrogens is 366 g/mol. The summed E-state index contributed by atoms with van der Waals surface area (Å²) in [6.45, 7) is 0. The van der Waals surface area contributed by atoms with Gasteiger partial charge in [0.15, 0.2) is 0 Å². The highest BCUT2D eigenvalue weighted by Crippen LogP contribution is 2.36. The molecule has 1 saturated carbocycles. The van der Waals surface area contributed by atoms with Crippen LogP contribution >= 0.6 is 0 Å². The molecule has 0 atom stereocenters. The molecule has 1 fully saturated rings. The number of nitrogens with one attached hydrogen (secondary N) is 1. The SMILES string of the molecule is O=c1c2ncccc2[nH]c2nc(C3CCC3)n(-c3ccc(F)cc3F)c(=O)c12. The number of benzene rings is 1. The third-order valence-corrected chi connectivity index (χ3v) is 5.23. The highest BCUT2D eigenvalue weighted by atomic mass is 19.1. The summed E-state index contributed by atoms with van der Waals surface area (Å²) in [5.41, 5.74) is -0.655. The monoisotopic (exact) mass is 380 g/mol. The molecule has 6 nitrogen and oxygen atoms in total. The van der Waals surface area contributed by atoms with Crippen LogP contribution in [0.3, 0.4) is 0 Å². The average Bonchev–Trinajstić information content (AvgIpc) is 2.62. The third kappa shape index (κ3) is 2.37. The van der Waals surface area contributed by atoms with Crippen molar-refractivity contribution in [2.24, 2.45) is 0 Å². The van der Waals surface area contributed by atoms with Gasteiger partial charge in [0.25, 0.3) is 5.56 Å². The van der Waals surface area contributed by atoms with E-state index in [0.717, 1.165) is 29.9 Å². The van der Waals surface area contributed by atoms with Crippen molar-refractivity contribution >= 4 is 22.1 Å². The minimum atomic E-state index is -0.890. The topological polar surface area (TPSA) is 80.6 Å².